The SMILES string of the molecule is CCNC(=NCCCc1cccc(OC)c1)NCCCOCC. The lowest BCUT2D eigenvalue weighted by Crippen LogP contribution is -2.38. The van der Waals surface area contributed by atoms with E-state index in [0.717, 1.165) is 63.8 Å². The molecule has 0 saturated carbocycles. The number of ether oxygens (including phenoxy) is 2. The fourth-order valence-electron chi connectivity index (χ4n) is 2.17. The molecule has 0 heterocycles. The third kappa shape index (κ3) is 9.08. The Morgan fingerprint density at radius 2 is 2.04 bits per heavy atom. The molecular formula is C18H31N3O2. The van der Waals surface area contributed by atoms with Gasteiger partial charge in [0.05, 0.1) is 7.11 Å². The molecule has 1 aromatic carbocycles. The third-order valence-electron chi connectivity index (χ3n) is 3.33. The summed E-state index contributed by atoms with van der Waals surface area (Å²) in [6, 6.07) is 8.21. The number of benzene rings is 1. The lowest BCUT2D eigenvalue weighted by molar-refractivity contribution is 0.145. The normalized spacial score (nSPS) is 11.3. The third-order valence-corrected chi connectivity index (χ3v) is 3.33. The van der Waals surface area contributed by atoms with Gasteiger partial charge in [-0.15, -0.1) is 0 Å². The van der Waals surface area contributed by atoms with Gasteiger partial charge in [-0.3, -0.25) is 4.99 Å². The molecule has 0 amide bonds. The lowest BCUT2D eigenvalue weighted by Gasteiger charge is -2.11. The van der Waals surface area contributed by atoms with E-state index in [1.54, 1.807) is 7.11 Å². The van der Waals surface area contributed by atoms with E-state index in [-0.39, 0.29) is 0 Å². The van der Waals surface area contributed by atoms with Crippen molar-refractivity contribution in [1.29, 1.82) is 0 Å². The highest BCUT2D eigenvalue weighted by Crippen LogP contribution is 2.13. The van der Waals surface area contributed by atoms with Crippen molar-refractivity contribution in [2.24, 2.45) is 4.99 Å². The molecule has 2 N–H and O–H groups in total. The molecule has 1 aromatic rings. The van der Waals surface area contributed by atoms with Crippen LogP contribution in [0.3, 0.4) is 0 Å². The Balaban J connectivity index is 2.29. The Kier molecular flexibility index (Phi) is 10.7. The van der Waals surface area contributed by atoms with Gasteiger partial charge in [0.15, 0.2) is 5.96 Å². The molecule has 0 aliphatic carbocycles. The Morgan fingerprint density at radius 1 is 1.17 bits per heavy atom. The number of methoxy groups -OCH3 is 1. The van der Waals surface area contributed by atoms with E-state index in [1.807, 2.05) is 19.1 Å². The Bertz CT molecular complexity index is 450. The van der Waals surface area contributed by atoms with Gasteiger partial charge in [0.1, 0.15) is 5.75 Å². The molecular weight excluding hydrogens is 290 g/mol. The number of hydrogen-bond acceptors (Lipinski definition) is 3. The standard InChI is InChI=1S/C18H31N3O2/c1-4-19-18(21-13-8-14-23-5-2)20-12-7-10-16-9-6-11-17(15-16)22-3/h6,9,11,15H,4-5,7-8,10,12-14H2,1-3H3,(H2,19,20,21). The maximum Gasteiger partial charge on any atom is 0.191 e. The molecule has 0 aliphatic heterocycles. The molecule has 0 unspecified atom stereocenters. The number of aliphatic imine (C=N–C) groups is 1. The Labute approximate surface area is 140 Å². The van der Waals surface area contributed by atoms with Crippen LogP contribution in [-0.4, -0.2) is 45.9 Å². The molecule has 0 atom stereocenters. The van der Waals surface area contributed by atoms with Crippen LogP contribution in [0, 0.1) is 0 Å². The fraction of sp³-hybridized carbons (Fsp3) is 0.611. The second kappa shape index (κ2) is 12.8. The smallest absolute Gasteiger partial charge is 0.191 e. The van der Waals surface area contributed by atoms with Gasteiger partial charge < -0.3 is 20.1 Å². The highest BCUT2D eigenvalue weighted by Gasteiger charge is 1.98. The van der Waals surface area contributed by atoms with Gasteiger partial charge in [-0.1, -0.05) is 12.1 Å². The average Bonchev–Trinajstić information content (AvgIpc) is 2.58. The summed E-state index contributed by atoms with van der Waals surface area (Å²) in [6.45, 7) is 8.21. The van der Waals surface area contributed by atoms with Crippen LogP contribution in [0.4, 0.5) is 0 Å². The minimum atomic E-state index is 0.776. The minimum absolute atomic E-state index is 0.776. The van der Waals surface area contributed by atoms with Crippen molar-refractivity contribution in [3.63, 3.8) is 0 Å². The molecule has 0 aliphatic rings. The van der Waals surface area contributed by atoms with E-state index in [0.29, 0.717) is 0 Å². The van der Waals surface area contributed by atoms with Crippen molar-refractivity contribution < 1.29 is 9.47 Å². The highest BCUT2D eigenvalue weighted by molar-refractivity contribution is 5.79. The van der Waals surface area contributed by atoms with E-state index in [9.17, 15) is 0 Å². The number of nitrogens with zero attached hydrogens (tertiary/aromatic N) is 1. The maximum atomic E-state index is 5.33. The second-order valence-corrected chi connectivity index (χ2v) is 5.19. The molecule has 23 heavy (non-hydrogen) atoms. The van der Waals surface area contributed by atoms with Gasteiger partial charge in [-0.25, -0.2) is 0 Å². The number of guanidine groups is 1. The van der Waals surface area contributed by atoms with Crippen LogP contribution < -0.4 is 15.4 Å². The summed E-state index contributed by atoms with van der Waals surface area (Å²) in [5.74, 6) is 1.80. The molecule has 5 nitrogen and oxygen atoms in total. The quantitative estimate of drug-likeness (QED) is 0.374. The monoisotopic (exact) mass is 321 g/mol. The van der Waals surface area contributed by atoms with Crippen LogP contribution >= 0.6 is 0 Å². The van der Waals surface area contributed by atoms with E-state index in [4.69, 9.17) is 9.47 Å². The van der Waals surface area contributed by atoms with Gasteiger partial charge >= 0.3 is 0 Å². The number of rotatable bonds is 11. The predicted octanol–water partition coefficient (Wildman–Crippen LogP) is 2.61. The molecule has 5 heteroatoms. The topological polar surface area (TPSA) is 54.9 Å². The maximum absolute atomic E-state index is 5.33. The first kappa shape index (κ1) is 19.3. The van der Waals surface area contributed by atoms with Crippen LogP contribution in [0.2, 0.25) is 0 Å². The first-order valence-electron chi connectivity index (χ1n) is 8.53. The van der Waals surface area contributed by atoms with E-state index in [1.165, 1.54) is 5.56 Å². The first-order chi connectivity index (χ1) is 11.3. The van der Waals surface area contributed by atoms with Crippen LogP contribution in [0.15, 0.2) is 29.3 Å². The largest absolute Gasteiger partial charge is 0.497 e. The molecule has 0 radical (unpaired) electrons. The van der Waals surface area contributed by atoms with E-state index in [2.05, 4.69) is 34.7 Å². The van der Waals surface area contributed by atoms with Gasteiger partial charge in [-0.2, -0.15) is 0 Å². The predicted molar refractivity (Wildman–Crippen MR) is 96.4 cm³/mol. The van der Waals surface area contributed by atoms with Gasteiger partial charge in [0, 0.05) is 32.8 Å². The van der Waals surface area contributed by atoms with Crippen molar-refractivity contribution in [2.75, 3.05) is 40.0 Å². The van der Waals surface area contributed by atoms with Crippen LogP contribution in [0.1, 0.15) is 32.3 Å². The summed E-state index contributed by atoms with van der Waals surface area (Å²) >= 11 is 0. The molecule has 0 saturated heterocycles. The van der Waals surface area contributed by atoms with E-state index < -0.39 is 0 Å². The van der Waals surface area contributed by atoms with Crippen LogP contribution in [0.5, 0.6) is 5.75 Å². The molecule has 130 valence electrons. The van der Waals surface area contributed by atoms with Crippen molar-refractivity contribution >= 4 is 5.96 Å². The molecule has 1 rings (SSSR count). The van der Waals surface area contributed by atoms with Gasteiger partial charge in [-0.05, 0) is 50.8 Å². The van der Waals surface area contributed by atoms with Gasteiger partial charge in [0.2, 0.25) is 0 Å². The molecule has 0 bridgehead atoms. The fourth-order valence-corrected chi connectivity index (χ4v) is 2.17. The zero-order valence-corrected chi connectivity index (χ0v) is 14.7. The van der Waals surface area contributed by atoms with Gasteiger partial charge in [0.25, 0.3) is 0 Å². The van der Waals surface area contributed by atoms with Crippen LogP contribution in [-0.2, 0) is 11.2 Å². The summed E-state index contributed by atoms with van der Waals surface area (Å²) in [4.78, 5) is 4.61. The summed E-state index contributed by atoms with van der Waals surface area (Å²) in [6.07, 6.45) is 3.01. The van der Waals surface area contributed by atoms with Crippen molar-refractivity contribution in [2.45, 2.75) is 33.1 Å². The molecule has 0 spiro atoms. The van der Waals surface area contributed by atoms with E-state index >= 15 is 0 Å². The molecule has 0 fully saturated rings. The second-order valence-electron chi connectivity index (χ2n) is 5.19. The minimum Gasteiger partial charge on any atom is -0.497 e. The Morgan fingerprint density at radius 3 is 2.78 bits per heavy atom. The zero-order chi connectivity index (χ0) is 16.8. The first-order valence-corrected chi connectivity index (χ1v) is 8.53. The number of nitrogens with one attached hydrogen (secondary N) is 2. The average molecular weight is 321 g/mol. The summed E-state index contributed by atoms with van der Waals surface area (Å²) in [5, 5.41) is 6.60. The number of hydrogen-bond donors (Lipinski definition) is 2. The number of aryl methyl sites for hydroxylation is 1. The van der Waals surface area contributed by atoms with Crippen molar-refractivity contribution in [1.82, 2.24) is 10.6 Å². The van der Waals surface area contributed by atoms with Crippen molar-refractivity contribution in [3.05, 3.63) is 29.8 Å². The zero-order valence-electron chi connectivity index (χ0n) is 14.7. The summed E-state index contributed by atoms with van der Waals surface area (Å²) in [7, 11) is 1.70. The lowest BCUT2D eigenvalue weighted by atomic mass is 10.1. The summed E-state index contributed by atoms with van der Waals surface area (Å²) < 4.78 is 10.6. The van der Waals surface area contributed by atoms with Crippen LogP contribution in [0.25, 0.3) is 0 Å². The van der Waals surface area contributed by atoms with Crippen molar-refractivity contribution in [3.8, 4) is 5.75 Å². The molecule has 0 aromatic heterocycles. The highest BCUT2D eigenvalue weighted by atomic mass is 16.5. The summed E-state index contributed by atoms with van der Waals surface area (Å²) in [5.41, 5.74) is 1.29. The Hall–Kier alpha value is -1.75.